The number of hydrogen-bond donors (Lipinski definition) is 4. The fraction of sp³-hybridized carbons (Fsp3) is 0.824. The highest BCUT2D eigenvalue weighted by atomic mass is 16.6. The molecule has 0 aromatic heterocycles. The topological polar surface area (TPSA) is 136 Å². The van der Waals surface area contributed by atoms with Gasteiger partial charge in [-0.2, -0.15) is 0 Å². The molecule has 2 amide bonds. The number of carboxylic acids is 1. The molecule has 1 saturated heterocycles. The van der Waals surface area contributed by atoms with Crippen LogP contribution in [0, 0.1) is 11.3 Å². The van der Waals surface area contributed by atoms with Crippen molar-refractivity contribution < 1.29 is 34.3 Å². The number of aliphatic carboxylic acids is 1. The Morgan fingerprint density at radius 2 is 1.93 bits per heavy atom. The summed E-state index contributed by atoms with van der Waals surface area (Å²) < 4.78 is 5.14. The molecule has 27 heavy (non-hydrogen) atoms. The molecule has 154 valence electrons. The predicted octanol–water partition coefficient (Wildman–Crippen LogP) is 0.702. The molecular formula is C17H31BN2O7. The number of rotatable bonds is 6. The van der Waals surface area contributed by atoms with Crippen LogP contribution in [-0.4, -0.2) is 69.9 Å². The molecule has 0 saturated carbocycles. The molecular weight excluding hydrogens is 355 g/mol. The number of nitrogens with zero attached hydrogens (tertiary/aromatic N) is 1. The van der Waals surface area contributed by atoms with Crippen molar-refractivity contribution in [3.05, 3.63) is 0 Å². The van der Waals surface area contributed by atoms with Gasteiger partial charge in [-0.05, 0) is 53.3 Å². The molecule has 0 unspecified atom stereocenters. The highest BCUT2D eigenvalue weighted by Crippen LogP contribution is 2.35. The molecule has 1 heterocycles. The maximum absolute atomic E-state index is 12.8. The summed E-state index contributed by atoms with van der Waals surface area (Å²) in [5.41, 5.74) is -1.83. The second kappa shape index (κ2) is 8.92. The molecule has 3 atom stereocenters. The van der Waals surface area contributed by atoms with E-state index in [1.165, 1.54) is 11.8 Å². The first-order valence-electron chi connectivity index (χ1n) is 9.11. The highest BCUT2D eigenvalue weighted by molar-refractivity contribution is 6.40. The van der Waals surface area contributed by atoms with Gasteiger partial charge in [0.25, 0.3) is 0 Å². The Kier molecular flexibility index (Phi) is 7.68. The van der Waals surface area contributed by atoms with E-state index in [2.05, 4.69) is 5.32 Å². The van der Waals surface area contributed by atoms with Crippen LogP contribution in [0.3, 0.4) is 0 Å². The van der Waals surface area contributed by atoms with Gasteiger partial charge >= 0.3 is 19.2 Å². The molecule has 0 aromatic carbocycles. The highest BCUT2D eigenvalue weighted by Gasteiger charge is 2.44. The normalized spacial score (nSPS) is 24.1. The average molecular weight is 386 g/mol. The molecule has 1 rings (SSSR count). The van der Waals surface area contributed by atoms with E-state index < -0.39 is 42.1 Å². The minimum atomic E-state index is -1.47. The van der Waals surface area contributed by atoms with Gasteiger partial charge in [0, 0.05) is 13.1 Å². The largest absolute Gasteiger partial charge is 0.481 e. The number of carbonyl (C=O) groups is 3. The Balaban J connectivity index is 2.82. The summed E-state index contributed by atoms with van der Waals surface area (Å²) >= 11 is 0. The Hall–Kier alpha value is -1.81. The molecule has 4 N–H and O–H groups in total. The standard InChI is InChI=1S/C17H31BN2O7/c1-11(19-15(24)27-16(2,3)4)13(21)20-9-12(6-7-18(25)26)8-17(5,10-20)14(22)23/h11-12,25-26H,6-10H2,1-5H3,(H,19,24)(H,22,23)/t11-,12+,17+/m1/s1. The molecule has 1 fully saturated rings. The van der Waals surface area contributed by atoms with Crippen LogP contribution in [-0.2, 0) is 14.3 Å². The monoisotopic (exact) mass is 386 g/mol. The van der Waals surface area contributed by atoms with E-state index in [4.69, 9.17) is 14.8 Å². The Morgan fingerprint density at radius 1 is 1.33 bits per heavy atom. The van der Waals surface area contributed by atoms with Gasteiger partial charge in [-0.3, -0.25) is 9.59 Å². The SMILES string of the molecule is C[C@@H](NC(=O)OC(C)(C)C)C(=O)N1C[C@@H](CCB(O)O)C[C@](C)(C(=O)O)C1. The molecule has 10 heteroatoms. The first-order chi connectivity index (χ1) is 12.2. The van der Waals surface area contributed by atoms with E-state index in [1.807, 2.05) is 0 Å². The number of carboxylic acid groups (broad SMARTS) is 1. The third-order valence-corrected chi connectivity index (χ3v) is 4.52. The van der Waals surface area contributed by atoms with Crippen LogP contribution in [0.2, 0.25) is 6.32 Å². The van der Waals surface area contributed by atoms with Crippen LogP contribution in [0.5, 0.6) is 0 Å². The van der Waals surface area contributed by atoms with Gasteiger partial charge in [0.2, 0.25) is 5.91 Å². The first-order valence-corrected chi connectivity index (χ1v) is 9.11. The minimum absolute atomic E-state index is 0.0275. The smallest absolute Gasteiger partial charge is 0.451 e. The third-order valence-electron chi connectivity index (χ3n) is 4.52. The second-order valence-electron chi connectivity index (χ2n) is 8.58. The molecule has 0 spiro atoms. The van der Waals surface area contributed by atoms with Crippen LogP contribution in [0.4, 0.5) is 4.79 Å². The van der Waals surface area contributed by atoms with Crippen molar-refractivity contribution in [1.29, 1.82) is 0 Å². The van der Waals surface area contributed by atoms with Crippen LogP contribution in [0.15, 0.2) is 0 Å². The summed E-state index contributed by atoms with van der Waals surface area (Å²) in [4.78, 5) is 37.8. The van der Waals surface area contributed by atoms with Crippen molar-refractivity contribution in [3.8, 4) is 0 Å². The number of piperidine rings is 1. The maximum atomic E-state index is 12.8. The summed E-state index contributed by atoms with van der Waals surface area (Å²) in [5.74, 6) is -1.59. The van der Waals surface area contributed by atoms with Crippen LogP contribution >= 0.6 is 0 Å². The van der Waals surface area contributed by atoms with Gasteiger partial charge in [0.1, 0.15) is 11.6 Å². The van der Waals surface area contributed by atoms with Gasteiger partial charge in [0.15, 0.2) is 0 Å². The predicted molar refractivity (Wildman–Crippen MR) is 98.9 cm³/mol. The molecule has 1 aliphatic heterocycles. The van der Waals surface area contributed by atoms with E-state index in [-0.39, 0.29) is 18.8 Å². The average Bonchev–Trinajstić information content (AvgIpc) is 2.49. The lowest BCUT2D eigenvalue weighted by molar-refractivity contribution is -0.156. The zero-order chi connectivity index (χ0) is 21.0. The van der Waals surface area contributed by atoms with Gasteiger partial charge < -0.3 is 30.1 Å². The quantitative estimate of drug-likeness (QED) is 0.493. The fourth-order valence-electron chi connectivity index (χ4n) is 3.28. The van der Waals surface area contributed by atoms with E-state index in [0.717, 1.165) is 0 Å². The van der Waals surface area contributed by atoms with E-state index in [1.54, 1.807) is 27.7 Å². The van der Waals surface area contributed by atoms with E-state index >= 15 is 0 Å². The Labute approximate surface area is 160 Å². The van der Waals surface area contributed by atoms with Crippen molar-refractivity contribution in [2.24, 2.45) is 11.3 Å². The van der Waals surface area contributed by atoms with E-state index in [0.29, 0.717) is 19.4 Å². The van der Waals surface area contributed by atoms with Crippen molar-refractivity contribution in [3.63, 3.8) is 0 Å². The number of amides is 2. The number of likely N-dealkylation sites (tertiary alicyclic amines) is 1. The maximum Gasteiger partial charge on any atom is 0.451 e. The Bertz CT molecular complexity index is 564. The number of alkyl carbamates (subject to hydrolysis) is 1. The summed E-state index contributed by atoms with van der Waals surface area (Å²) in [5, 5.41) is 30.2. The lowest BCUT2D eigenvalue weighted by atomic mass is 9.72. The van der Waals surface area contributed by atoms with Crippen LogP contribution < -0.4 is 5.32 Å². The first kappa shape index (κ1) is 23.2. The molecule has 0 aliphatic carbocycles. The van der Waals surface area contributed by atoms with Gasteiger partial charge in [0.05, 0.1) is 5.41 Å². The number of carbonyl (C=O) groups excluding carboxylic acids is 2. The summed E-state index contributed by atoms with van der Waals surface area (Å²) in [6, 6.07) is -0.875. The van der Waals surface area contributed by atoms with Crippen LogP contribution in [0.1, 0.15) is 47.5 Å². The summed E-state index contributed by atoms with van der Waals surface area (Å²) in [6.45, 7) is 8.55. The minimum Gasteiger partial charge on any atom is -0.481 e. The zero-order valence-electron chi connectivity index (χ0n) is 16.7. The zero-order valence-corrected chi connectivity index (χ0v) is 16.7. The van der Waals surface area contributed by atoms with Crippen LogP contribution in [0.25, 0.3) is 0 Å². The van der Waals surface area contributed by atoms with Crippen molar-refractivity contribution in [2.45, 2.75) is 65.4 Å². The van der Waals surface area contributed by atoms with Crippen molar-refractivity contribution >= 4 is 25.1 Å². The molecule has 1 aliphatic rings. The molecule has 0 bridgehead atoms. The number of nitrogens with one attached hydrogen (secondary N) is 1. The molecule has 0 aromatic rings. The second-order valence-corrected chi connectivity index (χ2v) is 8.58. The summed E-state index contributed by atoms with van der Waals surface area (Å²) in [7, 11) is -1.47. The van der Waals surface area contributed by atoms with Gasteiger partial charge in [-0.25, -0.2) is 4.79 Å². The summed E-state index contributed by atoms with van der Waals surface area (Å²) in [6.07, 6.45) is 0.111. The fourth-order valence-corrected chi connectivity index (χ4v) is 3.28. The van der Waals surface area contributed by atoms with Gasteiger partial charge in [-0.15, -0.1) is 0 Å². The Morgan fingerprint density at radius 3 is 2.41 bits per heavy atom. The van der Waals surface area contributed by atoms with Crippen molar-refractivity contribution in [1.82, 2.24) is 10.2 Å². The number of hydrogen-bond acceptors (Lipinski definition) is 6. The van der Waals surface area contributed by atoms with E-state index in [9.17, 15) is 19.5 Å². The van der Waals surface area contributed by atoms with Gasteiger partial charge in [-0.1, -0.05) is 6.42 Å². The van der Waals surface area contributed by atoms with Crippen molar-refractivity contribution in [2.75, 3.05) is 13.1 Å². The lowest BCUT2D eigenvalue weighted by Crippen LogP contribution is -2.56. The lowest BCUT2D eigenvalue weighted by Gasteiger charge is -2.43. The third kappa shape index (κ3) is 7.38. The number of ether oxygens (including phenoxy) is 1. The molecule has 9 nitrogen and oxygen atoms in total. The molecule has 0 radical (unpaired) electrons.